The second-order valence-corrected chi connectivity index (χ2v) is 8.70. The van der Waals surface area contributed by atoms with Gasteiger partial charge in [-0.2, -0.15) is 0 Å². The number of aromatic amines is 1. The van der Waals surface area contributed by atoms with Gasteiger partial charge in [-0.25, -0.2) is 9.67 Å². The van der Waals surface area contributed by atoms with Crippen molar-refractivity contribution in [3.05, 3.63) is 52.1 Å². The number of hydrogen-bond acceptors (Lipinski definition) is 5. The largest absolute Gasteiger partial charge is 0.342 e. The summed E-state index contributed by atoms with van der Waals surface area (Å²) < 4.78 is 1.66. The van der Waals surface area contributed by atoms with E-state index in [-0.39, 0.29) is 22.9 Å². The van der Waals surface area contributed by atoms with Crippen LogP contribution >= 0.6 is 0 Å². The Morgan fingerprint density at radius 2 is 2.00 bits per heavy atom. The van der Waals surface area contributed by atoms with Crippen molar-refractivity contribution in [3.63, 3.8) is 0 Å². The zero-order valence-corrected chi connectivity index (χ0v) is 17.1. The normalized spacial score (nSPS) is 17.6. The van der Waals surface area contributed by atoms with Gasteiger partial charge < -0.3 is 9.88 Å². The fraction of sp³-hybridized carbons (Fsp3) is 0.476. The van der Waals surface area contributed by atoms with Crippen LogP contribution in [0.25, 0.3) is 11.2 Å². The number of rotatable bonds is 3. The first-order chi connectivity index (χ1) is 13.8. The van der Waals surface area contributed by atoms with Gasteiger partial charge in [-0.15, -0.1) is 5.10 Å². The molecule has 0 spiro atoms. The lowest BCUT2D eigenvalue weighted by atomic mass is 9.91. The molecule has 1 atom stereocenters. The number of amides is 1. The molecule has 0 bridgehead atoms. The maximum absolute atomic E-state index is 12.7. The summed E-state index contributed by atoms with van der Waals surface area (Å²) in [6.45, 7) is 7.58. The van der Waals surface area contributed by atoms with Crippen molar-refractivity contribution in [1.29, 1.82) is 0 Å². The predicted molar refractivity (Wildman–Crippen MR) is 109 cm³/mol. The monoisotopic (exact) mass is 394 g/mol. The number of benzene rings is 1. The Hall–Kier alpha value is -3.03. The third-order valence-corrected chi connectivity index (χ3v) is 5.30. The van der Waals surface area contributed by atoms with Crippen molar-refractivity contribution in [2.45, 2.75) is 46.1 Å². The van der Waals surface area contributed by atoms with Gasteiger partial charge in [0.2, 0.25) is 5.91 Å². The van der Waals surface area contributed by atoms with Crippen LogP contribution in [0.5, 0.6) is 0 Å². The summed E-state index contributed by atoms with van der Waals surface area (Å²) in [5.41, 5.74) is 1.06. The van der Waals surface area contributed by atoms with Crippen LogP contribution in [-0.2, 0) is 11.3 Å². The molecule has 0 unspecified atom stereocenters. The van der Waals surface area contributed by atoms with Crippen molar-refractivity contribution in [3.8, 4) is 0 Å². The molecule has 8 nitrogen and oxygen atoms in total. The first kappa shape index (κ1) is 19.3. The molecule has 152 valence electrons. The zero-order chi connectivity index (χ0) is 20.6. The highest BCUT2D eigenvalue weighted by molar-refractivity contribution is 5.81. The molecule has 1 saturated heterocycles. The average Bonchev–Trinajstić information content (AvgIpc) is 3.11. The minimum atomic E-state index is -0.426. The molecule has 1 fully saturated rings. The number of likely N-dealkylation sites (tertiary alicyclic amines) is 1. The lowest BCUT2D eigenvalue weighted by molar-refractivity contribution is -0.140. The Labute approximate surface area is 168 Å². The van der Waals surface area contributed by atoms with Gasteiger partial charge in [0.25, 0.3) is 5.56 Å². The highest BCUT2D eigenvalue weighted by Gasteiger charge is 2.32. The van der Waals surface area contributed by atoms with E-state index in [9.17, 15) is 9.59 Å². The molecule has 2 aromatic heterocycles. The molecule has 0 radical (unpaired) electrons. The van der Waals surface area contributed by atoms with Gasteiger partial charge in [-0.05, 0) is 18.4 Å². The van der Waals surface area contributed by atoms with E-state index in [1.54, 1.807) is 4.68 Å². The SMILES string of the molecule is CC(C)(C)C(=O)N1CCC[C@H](c2nc3c(nnn3Cc3ccccc3)c(=O)[nH]2)C1. The van der Waals surface area contributed by atoms with Gasteiger partial charge in [0.1, 0.15) is 5.82 Å². The molecule has 0 saturated carbocycles. The van der Waals surface area contributed by atoms with E-state index in [1.807, 2.05) is 56.0 Å². The van der Waals surface area contributed by atoms with Crippen LogP contribution in [0.4, 0.5) is 0 Å². The quantitative estimate of drug-likeness (QED) is 0.735. The van der Waals surface area contributed by atoms with Gasteiger partial charge in [0.05, 0.1) is 6.54 Å². The number of nitrogens with zero attached hydrogens (tertiary/aromatic N) is 5. The Bertz CT molecular complexity index is 1080. The molecule has 1 aliphatic heterocycles. The highest BCUT2D eigenvalue weighted by atomic mass is 16.2. The summed E-state index contributed by atoms with van der Waals surface area (Å²) in [6.07, 6.45) is 1.76. The van der Waals surface area contributed by atoms with E-state index >= 15 is 0 Å². The summed E-state index contributed by atoms with van der Waals surface area (Å²) >= 11 is 0. The molecule has 4 rings (SSSR count). The van der Waals surface area contributed by atoms with E-state index in [0.29, 0.717) is 24.6 Å². The topological polar surface area (TPSA) is 96.8 Å². The number of piperidine rings is 1. The Morgan fingerprint density at radius 1 is 1.24 bits per heavy atom. The molecule has 8 heteroatoms. The molecular weight excluding hydrogens is 368 g/mol. The van der Waals surface area contributed by atoms with E-state index in [1.165, 1.54) is 0 Å². The molecule has 0 aliphatic carbocycles. The molecular formula is C21H26N6O2. The molecule has 1 N–H and O–H groups in total. The summed E-state index contributed by atoms with van der Waals surface area (Å²) in [5.74, 6) is 0.721. The van der Waals surface area contributed by atoms with Crippen LogP contribution < -0.4 is 5.56 Å². The van der Waals surface area contributed by atoms with E-state index < -0.39 is 5.41 Å². The van der Waals surface area contributed by atoms with Gasteiger partial charge >= 0.3 is 0 Å². The molecule has 1 aromatic carbocycles. The fourth-order valence-corrected chi connectivity index (χ4v) is 3.80. The maximum atomic E-state index is 12.7. The van der Waals surface area contributed by atoms with Crippen LogP contribution in [0, 0.1) is 5.41 Å². The van der Waals surface area contributed by atoms with Crippen molar-refractivity contribution in [2.75, 3.05) is 13.1 Å². The molecule has 1 amide bonds. The summed E-state index contributed by atoms with van der Waals surface area (Å²) in [6, 6.07) is 9.88. The van der Waals surface area contributed by atoms with Gasteiger partial charge in [0, 0.05) is 24.4 Å². The third kappa shape index (κ3) is 3.92. The molecule has 3 aromatic rings. The number of carbonyl (C=O) groups is 1. The number of carbonyl (C=O) groups excluding carboxylic acids is 1. The minimum absolute atomic E-state index is 0.00720. The van der Waals surface area contributed by atoms with Crippen molar-refractivity contribution < 1.29 is 4.79 Å². The fourth-order valence-electron chi connectivity index (χ4n) is 3.80. The standard InChI is InChI=1S/C21H26N6O2/c1-21(2,3)20(29)26-11-7-10-15(13-26)17-22-18-16(19(28)23-17)24-25-27(18)12-14-8-5-4-6-9-14/h4-6,8-9,15H,7,10-13H2,1-3H3,(H,22,23,28)/t15-/m0/s1. The maximum Gasteiger partial charge on any atom is 0.281 e. The summed E-state index contributed by atoms with van der Waals surface area (Å²) in [4.78, 5) is 34.8. The molecule has 1 aliphatic rings. The summed E-state index contributed by atoms with van der Waals surface area (Å²) in [7, 11) is 0. The van der Waals surface area contributed by atoms with Crippen molar-refractivity contribution in [2.24, 2.45) is 5.41 Å². The second-order valence-electron chi connectivity index (χ2n) is 8.70. The van der Waals surface area contributed by atoms with E-state index in [0.717, 1.165) is 24.9 Å². The lowest BCUT2D eigenvalue weighted by Gasteiger charge is -2.36. The molecule has 29 heavy (non-hydrogen) atoms. The Kier molecular flexibility index (Phi) is 4.94. The molecule has 3 heterocycles. The number of nitrogens with one attached hydrogen (secondary N) is 1. The Balaban J connectivity index is 1.65. The number of fused-ring (bicyclic) bond motifs is 1. The zero-order valence-electron chi connectivity index (χ0n) is 17.1. The van der Waals surface area contributed by atoms with Crippen molar-refractivity contribution in [1.82, 2.24) is 29.9 Å². The first-order valence-corrected chi connectivity index (χ1v) is 9.99. The van der Waals surface area contributed by atoms with Crippen LogP contribution in [0.3, 0.4) is 0 Å². The van der Waals surface area contributed by atoms with Gasteiger partial charge in [0.15, 0.2) is 11.2 Å². The lowest BCUT2D eigenvalue weighted by Crippen LogP contribution is -2.45. The Morgan fingerprint density at radius 3 is 2.72 bits per heavy atom. The number of H-pyrrole nitrogens is 1. The van der Waals surface area contributed by atoms with E-state index in [2.05, 4.69) is 15.3 Å². The van der Waals surface area contributed by atoms with Crippen LogP contribution in [0.1, 0.15) is 50.9 Å². The first-order valence-electron chi connectivity index (χ1n) is 9.99. The predicted octanol–water partition coefficient (Wildman–Crippen LogP) is 2.32. The van der Waals surface area contributed by atoms with Crippen LogP contribution in [0.15, 0.2) is 35.1 Å². The third-order valence-electron chi connectivity index (χ3n) is 5.30. The van der Waals surface area contributed by atoms with Gasteiger partial charge in [-0.1, -0.05) is 56.3 Å². The van der Waals surface area contributed by atoms with E-state index in [4.69, 9.17) is 4.98 Å². The van der Waals surface area contributed by atoms with Crippen molar-refractivity contribution >= 4 is 17.1 Å². The average molecular weight is 394 g/mol. The minimum Gasteiger partial charge on any atom is -0.342 e. The van der Waals surface area contributed by atoms with Crippen LogP contribution in [-0.4, -0.2) is 48.9 Å². The van der Waals surface area contributed by atoms with Gasteiger partial charge in [-0.3, -0.25) is 9.59 Å². The van der Waals surface area contributed by atoms with Crippen LogP contribution in [0.2, 0.25) is 0 Å². The number of hydrogen-bond donors (Lipinski definition) is 1. The summed E-state index contributed by atoms with van der Waals surface area (Å²) in [5, 5.41) is 8.15. The highest BCUT2D eigenvalue weighted by Crippen LogP contribution is 2.28. The number of aromatic nitrogens is 5. The smallest absolute Gasteiger partial charge is 0.281 e. The second kappa shape index (κ2) is 7.42.